The summed E-state index contributed by atoms with van der Waals surface area (Å²) in [6, 6.07) is 17.8. The Balaban J connectivity index is 1.89. The summed E-state index contributed by atoms with van der Waals surface area (Å²) in [5, 5.41) is 2.77. The third kappa shape index (κ3) is 7.24. The standard InChI is InChI=1S/C27H32FN3O4/c1-20(32)29-23-8-10-24(11-9-23)31-25(12-14-26(31)21-4-6-22(28)7-5-21)13-15-27(33)30(16-18-34-2)17-19-35-3/h4-12,14H,13,15-19H2,1-3H3,(H,29,32). The van der Waals surface area contributed by atoms with Crippen molar-refractivity contribution in [2.75, 3.05) is 45.8 Å². The van der Waals surface area contributed by atoms with Gasteiger partial charge in [0, 0.05) is 57.7 Å². The lowest BCUT2D eigenvalue weighted by atomic mass is 10.1. The number of nitrogens with one attached hydrogen (secondary N) is 1. The molecule has 1 aromatic heterocycles. The Morgan fingerprint density at radius 2 is 1.54 bits per heavy atom. The van der Waals surface area contributed by atoms with Gasteiger partial charge in [0.15, 0.2) is 0 Å². The number of aromatic nitrogens is 1. The highest BCUT2D eigenvalue weighted by Crippen LogP contribution is 2.28. The van der Waals surface area contributed by atoms with E-state index in [-0.39, 0.29) is 17.6 Å². The monoisotopic (exact) mass is 481 g/mol. The van der Waals surface area contributed by atoms with Gasteiger partial charge in [-0.05, 0) is 72.6 Å². The molecule has 1 heterocycles. The number of nitrogens with zero attached hydrogens (tertiary/aromatic N) is 2. The number of methoxy groups -OCH3 is 2. The number of carbonyl (C=O) groups is 2. The molecule has 3 aromatic rings. The number of anilines is 1. The molecule has 35 heavy (non-hydrogen) atoms. The van der Waals surface area contributed by atoms with Crippen LogP contribution < -0.4 is 5.32 Å². The topological polar surface area (TPSA) is 72.8 Å². The van der Waals surface area contributed by atoms with Gasteiger partial charge in [0.2, 0.25) is 11.8 Å². The maximum atomic E-state index is 13.5. The average molecular weight is 482 g/mol. The number of hydrogen-bond donors (Lipinski definition) is 1. The van der Waals surface area contributed by atoms with Crippen molar-refractivity contribution in [3.63, 3.8) is 0 Å². The molecule has 0 spiro atoms. The lowest BCUT2D eigenvalue weighted by Gasteiger charge is -2.22. The second kappa shape index (κ2) is 12.8. The van der Waals surface area contributed by atoms with Crippen molar-refractivity contribution < 1.29 is 23.5 Å². The van der Waals surface area contributed by atoms with Crippen LogP contribution in [0, 0.1) is 5.82 Å². The Labute approximate surface area is 205 Å². The van der Waals surface area contributed by atoms with E-state index < -0.39 is 0 Å². The van der Waals surface area contributed by atoms with Crippen LogP contribution in [0.2, 0.25) is 0 Å². The van der Waals surface area contributed by atoms with E-state index in [0.717, 1.165) is 22.6 Å². The van der Waals surface area contributed by atoms with E-state index in [4.69, 9.17) is 9.47 Å². The maximum absolute atomic E-state index is 13.5. The number of ether oxygens (including phenoxy) is 2. The number of benzene rings is 2. The summed E-state index contributed by atoms with van der Waals surface area (Å²) in [5.41, 5.74) is 4.26. The van der Waals surface area contributed by atoms with Gasteiger partial charge in [0.05, 0.1) is 18.9 Å². The Hall–Kier alpha value is -3.49. The number of halogens is 1. The van der Waals surface area contributed by atoms with Crippen LogP contribution in [0.4, 0.5) is 10.1 Å². The zero-order valence-corrected chi connectivity index (χ0v) is 20.4. The van der Waals surface area contributed by atoms with Crippen LogP contribution in [0.3, 0.4) is 0 Å². The summed E-state index contributed by atoms with van der Waals surface area (Å²) in [5.74, 6) is -0.419. The van der Waals surface area contributed by atoms with Crippen LogP contribution in [0.5, 0.6) is 0 Å². The van der Waals surface area contributed by atoms with E-state index in [1.54, 1.807) is 31.3 Å². The van der Waals surface area contributed by atoms with Crippen molar-refractivity contribution in [2.45, 2.75) is 19.8 Å². The second-order valence-corrected chi connectivity index (χ2v) is 8.15. The average Bonchev–Trinajstić information content (AvgIpc) is 3.27. The van der Waals surface area contributed by atoms with E-state index >= 15 is 0 Å². The van der Waals surface area contributed by atoms with Gasteiger partial charge in [-0.1, -0.05) is 0 Å². The van der Waals surface area contributed by atoms with Gasteiger partial charge in [-0.2, -0.15) is 0 Å². The Morgan fingerprint density at radius 1 is 0.914 bits per heavy atom. The molecule has 0 saturated heterocycles. The van der Waals surface area contributed by atoms with Gasteiger partial charge >= 0.3 is 0 Å². The third-order valence-electron chi connectivity index (χ3n) is 5.63. The zero-order valence-electron chi connectivity index (χ0n) is 20.4. The minimum absolute atomic E-state index is 0.0242. The molecule has 7 nitrogen and oxygen atoms in total. The third-order valence-corrected chi connectivity index (χ3v) is 5.63. The number of hydrogen-bond acceptors (Lipinski definition) is 4. The van der Waals surface area contributed by atoms with E-state index in [0.29, 0.717) is 44.8 Å². The van der Waals surface area contributed by atoms with Crippen LogP contribution in [0.25, 0.3) is 16.9 Å². The Kier molecular flexibility index (Phi) is 9.57. The molecule has 0 bridgehead atoms. The van der Waals surface area contributed by atoms with E-state index in [9.17, 15) is 14.0 Å². The van der Waals surface area contributed by atoms with Crippen molar-refractivity contribution in [2.24, 2.45) is 0 Å². The van der Waals surface area contributed by atoms with Crippen LogP contribution in [0.1, 0.15) is 19.0 Å². The molecule has 1 N–H and O–H groups in total. The summed E-state index contributed by atoms with van der Waals surface area (Å²) >= 11 is 0. The first kappa shape index (κ1) is 26.1. The molecule has 0 unspecified atom stereocenters. The van der Waals surface area contributed by atoms with Crippen molar-refractivity contribution >= 4 is 17.5 Å². The molecule has 0 radical (unpaired) electrons. The summed E-state index contributed by atoms with van der Waals surface area (Å²) in [7, 11) is 3.22. The Morgan fingerprint density at radius 3 is 2.11 bits per heavy atom. The van der Waals surface area contributed by atoms with Gasteiger partial charge in [-0.15, -0.1) is 0 Å². The molecule has 0 aliphatic carbocycles. The minimum Gasteiger partial charge on any atom is -0.383 e. The number of amides is 2. The van der Waals surface area contributed by atoms with Crippen LogP contribution >= 0.6 is 0 Å². The highest BCUT2D eigenvalue weighted by atomic mass is 19.1. The first-order valence-electron chi connectivity index (χ1n) is 11.5. The normalized spacial score (nSPS) is 10.9. The van der Waals surface area contributed by atoms with Gasteiger partial charge in [0.25, 0.3) is 0 Å². The van der Waals surface area contributed by atoms with Gasteiger partial charge < -0.3 is 24.3 Å². The molecule has 0 fully saturated rings. The molecular formula is C27H32FN3O4. The fraction of sp³-hybridized carbons (Fsp3) is 0.333. The molecule has 0 aliphatic heterocycles. The summed E-state index contributed by atoms with van der Waals surface area (Å²) in [4.78, 5) is 26.1. The summed E-state index contributed by atoms with van der Waals surface area (Å²) in [6.07, 6.45) is 0.841. The Bertz CT molecular complexity index is 1100. The molecule has 3 rings (SSSR count). The lowest BCUT2D eigenvalue weighted by molar-refractivity contribution is -0.132. The number of rotatable bonds is 12. The second-order valence-electron chi connectivity index (χ2n) is 8.15. The highest BCUT2D eigenvalue weighted by Gasteiger charge is 2.17. The fourth-order valence-corrected chi connectivity index (χ4v) is 3.88. The predicted molar refractivity (Wildman–Crippen MR) is 134 cm³/mol. The molecule has 186 valence electrons. The summed E-state index contributed by atoms with van der Waals surface area (Å²) in [6.45, 7) is 3.39. The molecule has 0 aliphatic rings. The fourth-order valence-electron chi connectivity index (χ4n) is 3.88. The zero-order chi connectivity index (χ0) is 25.2. The van der Waals surface area contributed by atoms with Gasteiger partial charge in [0.1, 0.15) is 5.82 Å². The smallest absolute Gasteiger partial charge is 0.223 e. The molecule has 2 aromatic carbocycles. The van der Waals surface area contributed by atoms with E-state index in [1.165, 1.54) is 19.1 Å². The molecule has 0 saturated carbocycles. The van der Waals surface area contributed by atoms with Crippen molar-refractivity contribution in [3.05, 3.63) is 72.2 Å². The van der Waals surface area contributed by atoms with Crippen molar-refractivity contribution in [3.8, 4) is 16.9 Å². The quantitative estimate of drug-likeness (QED) is 0.419. The van der Waals surface area contributed by atoms with Gasteiger partial charge in [-0.3, -0.25) is 9.59 Å². The molecule has 8 heteroatoms. The maximum Gasteiger partial charge on any atom is 0.223 e. The van der Waals surface area contributed by atoms with E-state index in [1.807, 2.05) is 36.4 Å². The highest BCUT2D eigenvalue weighted by molar-refractivity contribution is 5.88. The minimum atomic E-state index is -0.301. The van der Waals surface area contributed by atoms with Crippen LogP contribution in [0.15, 0.2) is 60.7 Å². The largest absolute Gasteiger partial charge is 0.383 e. The molecular weight excluding hydrogens is 449 g/mol. The SMILES string of the molecule is COCCN(CCOC)C(=O)CCc1ccc(-c2ccc(F)cc2)n1-c1ccc(NC(C)=O)cc1. The van der Waals surface area contributed by atoms with Crippen molar-refractivity contribution in [1.29, 1.82) is 0 Å². The first-order chi connectivity index (χ1) is 16.9. The van der Waals surface area contributed by atoms with Crippen LogP contribution in [-0.2, 0) is 25.5 Å². The predicted octanol–water partition coefficient (Wildman–Crippen LogP) is 4.30. The van der Waals surface area contributed by atoms with Crippen molar-refractivity contribution in [1.82, 2.24) is 9.47 Å². The van der Waals surface area contributed by atoms with Crippen LogP contribution in [-0.4, -0.2) is 61.8 Å². The summed E-state index contributed by atoms with van der Waals surface area (Å²) < 4.78 is 25.9. The molecule has 0 atom stereocenters. The van der Waals surface area contributed by atoms with Gasteiger partial charge in [-0.25, -0.2) is 4.39 Å². The number of carbonyl (C=O) groups excluding carboxylic acids is 2. The first-order valence-corrected chi connectivity index (χ1v) is 11.5. The van der Waals surface area contributed by atoms with E-state index in [2.05, 4.69) is 9.88 Å². The number of aryl methyl sites for hydroxylation is 1. The lowest BCUT2D eigenvalue weighted by Crippen LogP contribution is -2.36. The molecule has 2 amide bonds.